The fourth-order valence-corrected chi connectivity index (χ4v) is 4.05. The summed E-state index contributed by atoms with van der Waals surface area (Å²) in [5.74, 6) is 0. The van der Waals surface area contributed by atoms with Crippen LogP contribution in [0.15, 0.2) is 23.4 Å². The van der Waals surface area contributed by atoms with Gasteiger partial charge in [-0.2, -0.15) is 4.31 Å². The van der Waals surface area contributed by atoms with Crippen molar-refractivity contribution in [2.75, 3.05) is 12.3 Å². The molecular formula is C12H19N3O2S. The number of piperidine rings is 1. The smallest absolute Gasteiger partial charge is 0.260 e. The maximum Gasteiger partial charge on any atom is 0.260 e. The van der Waals surface area contributed by atoms with Crippen molar-refractivity contribution in [3.8, 4) is 0 Å². The molecule has 0 bridgehead atoms. The second kappa shape index (κ2) is 5.24. The van der Waals surface area contributed by atoms with E-state index in [9.17, 15) is 8.42 Å². The number of hydrogen-bond donors (Lipinski definition) is 1. The zero-order valence-electron chi connectivity index (χ0n) is 10.5. The quantitative estimate of drug-likeness (QED) is 0.904. The average molecular weight is 269 g/mol. The topological polar surface area (TPSA) is 76.3 Å². The minimum atomic E-state index is -3.47. The second-order valence-electron chi connectivity index (χ2n) is 4.60. The molecule has 1 aromatic rings. The van der Waals surface area contributed by atoms with Crippen LogP contribution in [0.2, 0.25) is 0 Å². The van der Waals surface area contributed by atoms with Crippen LogP contribution < -0.4 is 5.73 Å². The molecule has 1 saturated heterocycles. The number of nitrogen functional groups attached to an aromatic ring is 1. The molecule has 100 valence electrons. The number of nitrogens with two attached hydrogens (primary N) is 1. The van der Waals surface area contributed by atoms with Crippen molar-refractivity contribution in [2.45, 2.75) is 43.7 Å². The summed E-state index contributed by atoms with van der Waals surface area (Å²) in [5, 5.41) is 0.0945. The molecule has 1 aromatic heterocycles. The molecule has 0 saturated carbocycles. The highest BCUT2D eigenvalue weighted by molar-refractivity contribution is 7.89. The Morgan fingerprint density at radius 2 is 2.22 bits per heavy atom. The van der Waals surface area contributed by atoms with E-state index in [1.807, 2.05) is 6.92 Å². The highest BCUT2D eigenvalue weighted by atomic mass is 32.2. The van der Waals surface area contributed by atoms with Crippen molar-refractivity contribution >= 4 is 15.7 Å². The van der Waals surface area contributed by atoms with Crippen molar-refractivity contribution in [2.24, 2.45) is 0 Å². The molecule has 0 spiro atoms. The van der Waals surface area contributed by atoms with Gasteiger partial charge in [0.1, 0.15) is 0 Å². The van der Waals surface area contributed by atoms with Crippen LogP contribution >= 0.6 is 0 Å². The first-order valence-corrected chi connectivity index (χ1v) is 7.73. The van der Waals surface area contributed by atoms with Gasteiger partial charge in [0, 0.05) is 12.6 Å². The molecule has 1 unspecified atom stereocenters. The lowest BCUT2D eigenvalue weighted by Crippen LogP contribution is -2.43. The fraction of sp³-hybridized carbons (Fsp3) is 0.583. The minimum Gasteiger partial charge on any atom is -0.397 e. The fourth-order valence-electron chi connectivity index (χ4n) is 2.36. The van der Waals surface area contributed by atoms with Gasteiger partial charge >= 0.3 is 0 Å². The zero-order valence-corrected chi connectivity index (χ0v) is 11.4. The summed E-state index contributed by atoms with van der Waals surface area (Å²) in [6.07, 6.45) is 5.18. The summed E-state index contributed by atoms with van der Waals surface area (Å²) in [6, 6.07) is 3.15. The van der Waals surface area contributed by atoms with Crippen LogP contribution in [0.3, 0.4) is 0 Å². The molecule has 0 aromatic carbocycles. The largest absolute Gasteiger partial charge is 0.397 e. The maximum atomic E-state index is 12.5. The Hall–Kier alpha value is -1.14. The van der Waals surface area contributed by atoms with E-state index in [4.69, 9.17) is 5.73 Å². The van der Waals surface area contributed by atoms with E-state index in [1.165, 1.54) is 12.3 Å². The predicted molar refractivity (Wildman–Crippen MR) is 70.5 cm³/mol. The molecule has 5 nitrogen and oxygen atoms in total. The Kier molecular flexibility index (Phi) is 3.87. The van der Waals surface area contributed by atoms with Gasteiger partial charge in [0.25, 0.3) is 10.0 Å². The van der Waals surface area contributed by atoms with Gasteiger partial charge in [0.15, 0.2) is 5.03 Å². The first-order chi connectivity index (χ1) is 8.55. The molecule has 0 amide bonds. The number of nitrogens with zero attached hydrogens (tertiary/aromatic N) is 2. The zero-order chi connectivity index (χ0) is 13.2. The molecule has 2 rings (SSSR count). The van der Waals surface area contributed by atoms with Crippen molar-refractivity contribution in [3.63, 3.8) is 0 Å². The van der Waals surface area contributed by atoms with Gasteiger partial charge in [0.2, 0.25) is 0 Å². The van der Waals surface area contributed by atoms with Crippen LogP contribution in [0.25, 0.3) is 0 Å². The van der Waals surface area contributed by atoms with E-state index in [2.05, 4.69) is 4.98 Å². The molecule has 18 heavy (non-hydrogen) atoms. The van der Waals surface area contributed by atoms with E-state index < -0.39 is 10.0 Å². The molecule has 1 fully saturated rings. The second-order valence-corrected chi connectivity index (χ2v) is 6.44. The van der Waals surface area contributed by atoms with Crippen molar-refractivity contribution in [3.05, 3.63) is 18.3 Å². The lowest BCUT2D eigenvalue weighted by atomic mass is 10.0. The Balaban J connectivity index is 2.32. The average Bonchev–Trinajstić information content (AvgIpc) is 2.39. The monoisotopic (exact) mass is 269 g/mol. The number of aromatic nitrogens is 1. The van der Waals surface area contributed by atoms with Gasteiger partial charge in [-0.05, 0) is 31.4 Å². The SMILES string of the molecule is CCC1CCCCN1S(=O)(=O)c1ccc(N)cn1. The lowest BCUT2D eigenvalue weighted by molar-refractivity contribution is 0.246. The van der Waals surface area contributed by atoms with Crippen LogP contribution in [0.1, 0.15) is 32.6 Å². The first kappa shape index (κ1) is 13.3. The number of pyridine rings is 1. The van der Waals surface area contributed by atoms with Crippen molar-refractivity contribution in [1.82, 2.24) is 9.29 Å². The van der Waals surface area contributed by atoms with Crippen LogP contribution in [0.5, 0.6) is 0 Å². The van der Waals surface area contributed by atoms with E-state index in [-0.39, 0.29) is 11.1 Å². The third-order valence-electron chi connectivity index (χ3n) is 3.38. The predicted octanol–water partition coefficient (Wildman–Crippen LogP) is 1.62. The highest BCUT2D eigenvalue weighted by Gasteiger charge is 2.33. The number of anilines is 1. The summed E-state index contributed by atoms with van der Waals surface area (Å²) < 4.78 is 26.6. The first-order valence-electron chi connectivity index (χ1n) is 6.29. The highest BCUT2D eigenvalue weighted by Crippen LogP contribution is 2.26. The van der Waals surface area contributed by atoms with Crippen molar-refractivity contribution < 1.29 is 8.42 Å². The van der Waals surface area contributed by atoms with Crippen molar-refractivity contribution in [1.29, 1.82) is 0 Å². The summed E-state index contributed by atoms with van der Waals surface area (Å²) in [6.45, 7) is 2.61. The van der Waals surface area contributed by atoms with Gasteiger partial charge in [-0.25, -0.2) is 13.4 Å². The molecule has 1 atom stereocenters. The van der Waals surface area contributed by atoms with Gasteiger partial charge in [0.05, 0.1) is 11.9 Å². The Labute approximate surface area is 108 Å². The molecule has 0 aliphatic carbocycles. The summed E-state index contributed by atoms with van der Waals surface area (Å²) in [5.41, 5.74) is 6.00. The van der Waals surface area contributed by atoms with Crippen LogP contribution in [0.4, 0.5) is 5.69 Å². The Morgan fingerprint density at radius 3 is 2.83 bits per heavy atom. The van der Waals surface area contributed by atoms with E-state index in [1.54, 1.807) is 10.4 Å². The van der Waals surface area contributed by atoms with Crippen LogP contribution in [-0.2, 0) is 10.0 Å². The molecule has 2 N–H and O–H groups in total. The summed E-state index contributed by atoms with van der Waals surface area (Å²) in [4.78, 5) is 3.94. The Bertz CT molecular complexity index is 499. The molecule has 6 heteroatoms. The van der Waals surface area contributed by atoms with Crippen LogP contribution in [-0.4, -0.2) is 30.3 Å². The normalized spacial score (nSPS) is 21.9. The maximum absolute atomic E-state index is 12.5. The van der Waals surface area contributed by atoms with E-state index in [0.717, 1.165) is 25.7 Å². The number of rotatable bonds is 3. The van der Waals surface area contributed by atoms with Gasteiger partial charge < -0.3 is 5.73 Å². The third-order valence-corrected chi connectivity index (χ3v) is 5.24. The van der Waals surface area contributed by atoms with E-state index >= 15 is 0 Å². The lowest BCUT2D eigenvalue weighted by Gasteiger charge is -2.33. The number of hydrogen-bond acceptors (Lipinski definition) is 4. The molecule has 2 heterocycles. The third kappa shape index (κ3) is 2.49. The summed E-state index contributed by atoms with van der Waals surface area (Å²) >= 11 is 0. The number of sulfonamides is 1. The molecule has 1 aliphatic rings. The van der Waals surface area contributed by atoms with Gasteiger partial charge in [-0.15, -0.1) is 0 Å². The van der Waals surface area contributed by atoms with Crippen LogP contribution in [0, 0.1) is 0 Å². The summed E-state index contributed by atoms with van der Waals surface area (Å²) in [7, 11) is -3.47. The van der Waals surface area contributed by atoms with E-state index in [0.29, 0.717) is 12.2 Å². The van der Waals surface area contributed by atoms with Gasteiger partial charge in [-0.1, -0.05) is 13.3 Å². The Morgan fingerprint density at radius 1 is 1.44 bits per heavy atom. The molecule has 1 aliphatic heterocycles. The standard InChI is InChI=1S/C12H19N3O2S/c1-2-11-5-3-4-8-15(11)18(16,17)12-7-6-10(13)9-14-12/h6-7,9,11H,2-5,8,13H2,1H3. The molecular weight excluding hydrogens is 250 g/mol. The minimum absolute atomic E-state index is 0.0945. The van der Waals surface area contributed by atoms with Gasteiger partial charge in [-0.3, -0.25) is 0 Å². The molecule has 0 radical (unpaired) electrons.